The Labute approximate surface area is 90.4 Å². The summed E-state index contributed by atoms with van der Waals surface area (Å²) < 4.78 is 18.3. The van der Waals surface area contributed by atoms with Crippen LogP contribution in [0, 0.1) is 12.7 Å². The first-order chi connectivity index (χ1) is 7.09. The first-order valence-electron chi connectivity index (χ1n) is 5.21. The summed E-state index contributed by atoms with van der Waals surface area (Å²) in [5.74, 6) is -0.215. The van der Waals surface area contributed by atoms with E-state index < -0.39 is 0 Å². The van der Waals surface area contributed by atoms with Crippen molar-refractivity contribution in [2.75, 3.05) is 18.5 Å². The van der Waals surface area contributed by atoms with Crippen LogP contribution < -0.4 is 5.32 Å². The van der Waals surface area contributed by atoms with E-state index in [-0.39, 0.29) is 11.9 Å². The first-order valence-corrected chi connectivity index (χ1v) is 5.21. The summed E-state index contributed by atoms with van der Waals surface area (Å²) in [6, 6.07) is 4.73. The van der Waals surface area contributed by atoms with Gasteiger partial charge in [0.25, 0.3) is 0 Å². The number of hydrogen-bond donors (Lipinski definition) is 1. The number of halogens is 1. The van der Waals surface area contributed by atoms with Crippen molar-refractivity contribution in [3.05, 3.63) is 29.6 Å². The minimum Gasteiger partial charge on any atom is -0.382 e. The van der Waals surface area contributed by atoms with Crippen LogP contribution in [0.3, 0.4) is 0 Å². The Kier molecular flexibility index (Phi) is 4.56. The molecule has 3 heteroatoms. The Morgan fingerprint density at radius 2 is 2.13 bits per heavy atom. The summed E-state index contributed by atoms with van der Waals surface area (Å²) in [6.45, 7) is 7.27. The largest absolute Gasteiger partial charge is 0.382 e. The van der Waals surface area contributed by atoms with E-state index >= 15 is 0 Å². The molecule has 0 atom stereocenters. The van der Waals surface area contributed by atoms with E-state index in [0.717, 1.165) is 11.3 Å². The highest BCUT2D eigenvalue weighted by Crippen LogP contribution is 2.15. The van der Waals surface area contributed by atoms with Gasteiger partial charge in [0, 0.05) is 12.2 Å². The molecule has 1 aromatic carbocycles. The standard InChI is InChI=1S/C12H18FNO/c1-9(2)15-7-6-14-12-8-11(13)5-4-10(12)3/h4-5,8-9,14H,6-7H2,1-3H3. The van der Waals surface area contributed by atoms with Crippen LogP contribution in [0.5, 0.6) is 0 Å². The van der Waals surface area contributed by atoms with Crippen LogP contribution in [0.2, 0.25) is 0 Å². The Balaban J connectivity index is 2.40. The highest BCUT2D eigenvalue weighted by molar-refractivity contribution is 5.50. The van der Waals surface area contributed by atoms with Crippen LogP contribution in [0.4, 0.5) is 10.1 Å². The van der Waals surface area contributed by atoms with Crippen molar-refractivity contribution in [3.63, 3.8) is 0 Å². The van der Waals surface area contributed by atoms with Gasteiger partial charge in [0.1, 0.15) is 5.82 Å². The lowest BCUT2D eigenvalue weighted by Gasteiger charge is -2.11. The Hall–Kier alpha value is -1.09. The monoisotopic (exact) mass is 211 g/mol. The lowest BCUT2D eigenvalue weighted by Crippen LogP contribution is -2.13. The maximum absolute atomic E-state index is 12.9. The van der Waals surface area contributed by atoms with Crippen molar-refractivity contribution >= 4 is 5.69 Å². The van der Waals surface area contributed by atoms with Gasteiger partial charge in [0.2, 0.25) is 0 Å². The average molecular weight is 211 g/mol. The molecule has 1 rings (SSSR count). The quantitative estimate of drug-likeness (QED) is 0.756. The van der Waals surface area contributed by atoms with E-state index in [2.05, 4.69) is 5.32 Å². The summed E-state index contributed by atoms with van der Waals surface area (Å²) in [7, 11) is 0. The second kappa shape index (κ2) is 5.71. The van der Waals surface area contributed by atoms with Crippen LogP contribution >= 0.6 is 0 Å². The predicted octanol–water partition coefficient (Wildman–Crippen LogP) is 2.97. The van der Waals surface area contributed by atoms with Crippen molar-refractivity contribution in [2.45, 2.75) is 26.9 Å². The number of nitrogens with one attached hydrogen (secondary N) is 1. The minimum atomic E-state index is -0.215. The van der Waals surface area contributed by atoms with Crippen LogP contribution in [0.1, 0.15) is 19.4 Å². The van der Waals surface area contributed by atoms with E-state index in [1.807, 2.05) is 20.8 Å². The summed E-state index contributed by atoms with van der Waals surface area (Å²) in [4.78, 5) is 0. The zero-order chi connectivity index (χ0) is 11.3. The number of rotatable bonds is 5. The molecule has 1 N–H and O–H groups in total. The first kappa shape index (κ1) is 12.0. The number of aryl methyl sites for hydroxylation is 1. The molecule has 84 valence electrons. The SMILES string of the molecule is Cc1ccc(F)cc1NCCOC(C)C. The number of anilines is 1. The average Bonchev–Trinajstić information content (AvgIpc) is 2.17. The Morgan fingerprint density at radius 3 is 2.80 bits per heavy atom. The van der Waals surface area contributed by atoms with Crippen LogP contribution in [-0.2, 0) is 4.74 Å². The summed E-state index contributed by atoms with van der Waals surface area (Å²) >= 11 is 0. The van der Waals surface area contributed by atoms with Gasteiger partial charge in [-0.05, 0) is 38.5 Å². The zero-order valence-corrected chi connectivity index (χ0v) is 9.51. The minimum absolute atomic E-state index is 0.215. The van der Waals surface area contributed by atoms with Gasteiger partial charge in [-0.15, -0.1) is 0 Å². The maximum atomic E-state index is 12.9. The lowest BCUT2D eigenvalue weighted by molar-refractivity contribution is 0.0870. The van der Waals surface area contributed by atoms with Crippen molar-refractivity contribution in [3.8, 4) is 0 Å². The van der Waals surface area contributed by atoms with Crippen LogP contribution in [0.15, 0.2) is 18.2 Å². The molecule has 0 saturated carbocycles. The van der Waals surface area contributed by atoms with Gasteiger partial charge in [-0.25, -0.2) is 4.39 Å². The van der Waals surface area contributed by atoms with Crippen molar-refractivity contribution in [2.24, 2.45) is 0 Å². The molecule has 0 aliphatic carbocycles. The molecule has 0 spiro atoms. The fourth-order valence-corrected chi connectivity index (χ4v) is 1.27. The summed E-state index contributed by atoms with van der Waals surface area (Å²) in [5, 5.41) is 3.14. The Bertz CT molecular complexity index is 312. The smallest absolute Gasteiger partial charge is 0.125 e. The van der Waals surface area contributed by atoms with E-state index in [1.165, 1.54) is 12.1 Å². The van der Waals surface area contributed by atoms with E-state index in [9.17, 15) is 4.39 Å². The topological polar surface area (TPSA) is 21.3 Å². The van der Waals surface area contributed by atoms with Crippen molar-refractivity contribution in [1.29, 1.82) is 0 Å². The molecule has 0 bridgehead atoms. The third-order valence-electron chi connectivity index (χ3n) is 2.07. The molecule has 0 fully saturated rings. The second-order valence-corrected chi connectivity index (χ2v) is 3.81. The summed E-state index contributed by atoms with van der Waals surface area (Å²) in [5.41, 5.74) is 1.88. The van der Waals surface area contributed by atoms with Gasteiger partial charge in [-0.2, -0.15) is 0 Å². The van der Waals surface area contributed by atoms with Gasteiger partial charge >= 0.3 is 0 Å². The number of hydrogen-bond acceptors (Lipinski definition) is 2. The molecule has 0 aliphatic heterocycles. The highest BCUT2D eigenvalue weighted by Gasteiger charge is 1.99. The lowest BCUT2D eigenvalue weighted by atomic mass is 10.2. The third-order valence-corrected chi connectivity index (χ3v) is 2.07. The Morgan fingerprint density at radius 1 is 1.40 bits per heavy atom. The molecule has 0 amide bonds. The van der Waals surface area contributed by atoms with Crippen molar-refractivity contribution < 1.29 is 9.13 Å². The van der Waals surface area contributed by atoms with E-state index in [1.54, 1.807) is 6.07 Å². The third kappa shape index (κ3) is 4.30. The molecule has 0 aromatic heterocycles. The molecule has 0 aliphatic rings. The molecule has 1 aromatic rings. The van der Waals surface area contributed by atoms with E-state index in [4.69, 9.17) is 4.74 Å². The van der Waals surface area contributed by atoms with Gasteiger partial charge < -0.3 is 10.1 Å². The fourth-order valence-electron chi connectivity index (χ4n) is 1.27. The second-order valence-electron chi connectivity index (χ2n) is 3.81. The molecule has 15 heavy (non-hydrogen) atoms. The highest BCUT2D eigenvalue weighted by atomic mass is 19.1. The molecular formula is C12H18FNO. The fraction of sp³-hybridized carbons (Fsp3) is 0.500. The zero-order valence-electron chi connectivity index (χ0n) is 9.51. The number of benzene rings is 1. The number of ether oxygens (including phenoxy) is 1. The van der Waals surface area contributed by atoms with Crippen LogP contribution in [0.25, 0.3) is 0 Å². The normalized spacial score (nSPS) is 10.7. The van der Waals surface area contributed by atoms with Gasteiger partial charge in [-0.3, -0.25) is 0 Å². The molecule has 0 saturated heterocycles. The van der Waals surface area contributed by atoms with Gasteiger partial charge in [0.05, 0.1) is 12.7 Å². The molecule has 2 nitrogen and oxygen atoms in total. The van der Waals surface area contributed by atoms with Gasteiger partial charge in [-0.1, -0.05) is 6.07 Å². The van der Waals surface area contributed by atoms with E-state index in [0.29, 0.717) is 13.2 Å². The molecule has 0 heterocycles. The molecular weight excluding hydrogens is 193 g/mol. The summed E-state index contributed by atoms with van der Waals surface area (Å²) in [6.07, 6.45) is 0.236. The molecule has 0 unspecified atom stereocenters. The molecule has 0 radical (unpaired) electrons. The van der Waals surface area contributed by atoms with Crippen LogP contribution in [-0.4, -0.2) is 19.3 Å². The maximum Gasteiger partial charge on any atom is 0.125 e. The predicted molar refractivity (Wildman–Crippen MR) is 60.7 cm³/mol. The van der Waals surface area contributed by atoms with Crippen molar-refractivity contribution in [1.82, 2.24) is 0 Å². The van der Waals surface area contributed by atoms with Gasteiger partial charge in [0.15, 0.2) is 0 Å².